The molecule has 1 aromatic heterocycles. The molecule has 2 amide bonds. The molecule has 0 spiro atoms. The average Bonchev–Trinajstić information content (AvgIpc) is 3.40. The fraction of sp³-hybridized carbons (Fsp3) is 0.381. The van der Waals surface area contributed by atoms with Gasteiger partial charge in [-0.05, 0) is 37.3 Å². The smallest absolute Gasteiger partial charge is 0.261 e. The molecule has 0 radical (unpaired) electrons. The summed E-state index contributed by atoms with van der Waals surface area (Å²) < 4.78 is 10.7. The highest BCUT2D eigenvalue weighted by molar-refractivity contribution is 7.12. The first-order valence-corrected chi connectivity index (χ1v) is 10.7. The minimum Gasteiger partial charge on any atom is -0.454 e. The van der Waals surface area contributed by atoms with Crippen molar-refractivity contribution in [1.29, 1.82) is 0 Å². The van der Waals surface area contributed by atoms with Crippen molar-refractivity contribution < 1.29 is 23.9 Å². The standard InChI is InChI=1S/C21H23N3O5S/c1-13(25)15-9-17-18(29-12-28-17)10-16(15)23-20(26)11-24-6-4-14(5-7-24)22-21(27)19-3-2-8-30-19/h2-3,8-10,14H,4-7,11-12H2,1H3,(H,22,27)(H,23,26). The van der Waals surface area contributed by atoms with Crippen molar-refractivity contribution in [2.24, 2.45) is 0 Å². The number of nitrogens with zero attached hydrogens (tertiary/aromatic N) is 1. The summed E-state index contributed by atoms with van der Waals surface area (Å²) in [4.78, 5) is 39.5. The molecule has 2 N–H and O–H groups in total. The second-order valence-corrected chi connectivity index (χ2v) is 8.30. The van der Waals surface area contributed by atoms with Crippen molar-refractivity contribution in [3.63, 3.8) is 0 Å². The summed E-state index contributed by atoms with van der Waals surface area (Å²) in [7, 11) is 0. The molecule has 9 heteroatoms. The molecular formula is C21H23N3O5S. The van der Waals surface area contributed by atoms with E-state index < -0.39 is 0 Å². The number of anilines is 1. The van der Waals surface area contributed by atoms with Crippen LogP contribution in [0.5, 0.6) is 11.5 Å². The summed E-state index contributed by atoms with van der Waals surface area (Å²) in [6.45, 7) is 3.19. The monoisotopic (exact) mass is 429 g/mol. The Balaban J connectivity index is 1.29. The number of hydrogen-bond acceptors (Lipinski definition) is 7. The molecule has 0 atom stereocenters. The Morgan fingerprint density at radius 3 is 2.57 bits per heavy atom. The molecule has 8 nitrogen and oxygen atoms in total. The summed E-state index contributed by atoms with van der Waals surface area (Å²) in [6.07, 6.45) is 1.57. The van der Waals surface area contributed by atoms with Crippen molar-refractivity contribution in [2.45, 2.75) is 25.8 Å². The molecule has 1 fully saturated rings. The summed E-state index contributed by atoms with van der Waals surface area (Å²) in [6, 6.07) is 7.01. The van der Waals surface area contributed by atoms with E-state index in [1.165, 1.54) is 18.3 Å². The number of rotatable bonds is 6. The van der Waals surface area contributed by atoms with Crippen LogP contribution in [0.25, 0.3) is 0 Å². The van der Waals surface area contributed by atoms with Gasteiger partial charge in [0.2, 0.25) is 12.7 Å². The number of nitrogens with one attached hydrogen (secondary N) is 2. The van der Waals surface area contributed by atoms with E-state index in [2.05, 4.69) is 10.6 Å². The maximum Gasteiger partial charge on any atom is 0.261 e. The first-order valence-electron chi connectivity index (χ1n) is 9.81. The lowest BCUT2D eigenvalue weighted by Crippen LogP contribution is -2.46. The van der Waals surface area contributed by atoms with E-state index in [4.69, 9.17) is 9.47 Å². The number of thiophene rings is 1. The van der Waals surface area contributed by atoms with E-state index in [9.17, 15) is 14.4 Å². The Morgan fingerprint density at radius 2 is 1.90 bits per heavy atom. The molecule has 1 saturated heterocycles. The van der Waals surface area contributed by atoms with Gasteiger partial charge in [-0.3, -0.25) is 19.3 Å². The molecule has 2 aliphatic heterocycles. The van der Waals surface area contributed by atoms with Crippen molar-refractivity contribution in [1.82, 2.24) is 10.2 Å². The van der Waals surface area contributed by atoms with Gasteiger partial charge in [0.15, 0.2) is 17.3 Å². The lowest BCUT2D eigenvalue weighted by atomic mass is 10.0. The van der Waals surface area contributed by atoms with E-state index in [0.717, 1.165) is 12.8 Å². The molecule has 3 heterocycles. The zero-order valence-electron chi connectivity index (χ0n) is 16.6. The fourth-order valence-corrected chi connectivity index (χ4v) is 4.26. The molecule has 1 aromatic carbocycles. The van der Waals surface area contributed by atoms with Gasteiger partial charge in [-0.2, -0.15) is 0 Å². The van der Waals surface area contributed by atoms with Gasteiger partial charge in [-0.15, -0.1) is 11.3 Å². The number of ether oxygens (including phenoxy) is 2. The quantitative estimate of drug-likeness (QED) is 0.685. The minimum absolute atomic E-state index is 0.0410. The maximum atomic E-state index is 12.6. The van der Waals surface area contributed by atoms with Gasteiger partial charge in [0.05, 0.1) is 17.1 Å². The Kier molecular flexibility index (Phi) is 6.01. The number of hydrogen-bond donors (Lipinski definition) is 2. The average molecular weight is 429 g/mol. The van der Waals surface area contributed by atoms with Crippen LogP contribution in [0, 0.1) is 0 Å². The third-order valence-electron chi connectivity index (χ3n) is 5.20. The van der Waals surface area contributed by atoms with Crippen LogP contribution in [0.15, 0.2) is 29.6 Å². The molecule has 0 saturated carbocycles. The second-order valence-electron chi connectivity index (χ2n) is 7.36. The first kappa shape index (κ1) is 20.4. The van der Waals surface area contributed by atoms with E-state index in [0.29, 0.717) is 40.7 Å². The number of carbonyl (C=O) groups excluding carboxylic acids is 3. The van der Waals surface area contributed by atoms with E-state index in [-0.39, 0.29) is 37.0 Å². The summed E-state index contributed by atoms with van der Waals surface area (Å²) in [5.41, 5.74) is 0.817. The molecule has 0 aliphatic carbocycles. The number of ketones is 1. The highest BCUT2D eigenvalue weighted by Crippen LogP contribution is 2.37. The molecule has 2 aromatic rings. The van der Waals surface area contributed by atoms with E-state index in [1.807, 2.05) is 22.4 Å². The number of piperidine rings is 1. The van der Waals surface area contributed by atoms with Gasteiger partial charge in [-0.1, -0.05) is 6.07 Å². The lowest BCUT2D eigenvalue weighted by molar-refractivity contribution is -0.117. The molecule has 0 bridgehead atoms. The fourth-order valence-electron chi connectivity index (χ4n) is 3.63. The third kappa shape index (κ3) is 4.63. The zero-order chi connectivity index (χ0) is 21.1. The Bertz CT molecular complexity index is 952. The topological polar surface area (TPSA) is 97.0 Å². The minimum atomic E-state index is -0.197. The molecule has 2 aliphatic rings. The van der Waals surface area contributed by atoms with Crippen molar-refractivity contribution in [2.75, 3.05) is 31.7 Å². The lowest BCUT2D eigenvalue weighted by Gasteiger charge is -2.31. The largest absolute Gasteiger partial charge is 0.454 e. The molecule has 4 rings (SSSR count). The van der Waals surface area contributed by atoms with Gasteiger partial charge in [0.1, 0.15) is 0 Å². The first-order chi connectivity index (χ1) is 14.5. The van der Waals surface area contributed by atoms with Gasteiger partial charge in [0.25, 0.3) is 5.91 Å². The number of fused-ring (bicyclic) bond motifs is 1. The molecule has 158 valence electrons. The van der Waals surface area contributed by atoms with Crippen molar-refractivity contribution in [3.8, 4) is 11.5 Å². The number of carbonyl (C=O) groups is 3. The number of Topliss-reactive ketones (excluding diaryl/α,β-unsaturated/α-hetero) is 1. The highest BCUT2D eigenvalue weighted by Gasteiger charge is 2.24. The Morgan fingerprint density at radius 1 is 1.17 bits per heavy atom. The number of likely N-dealkylation sites (tertiary alicyclic amines) is 1. The van der Waals surface area contributed by atoms with E-state index in [1.54, 1.807) is 12.1 Å². The summed E-state index contributed by atoms with van der Waals surface area (Å²) >= 11 is 1.42. The third-order valence-corrected chi connectivity index (χ3v) is 6.07. The maximum absolute atomic E-state index is 12.6. The SMILES string of the molecule is CC(=O)c1cc2c(cc1NC(=O)CN1CCC(NC(=O)c3cccs3)CC1)OCO2. The van der Waals surface area contributed by atoms with Crippen LogP contribution in [0.2, 0.25) is 0 Å². The van der Waals surface area contributed by atoms with Gasteiger partial charge < -0.3 is 20.1 Å². The number of amides is 2. The van der Waals surface area contributed by atoms with Crippen LogP contribution in [0.3, 0.4) is 0 Å². The highest BCUT2D eigenvalue weighted by atomic mass is 32.1. The normalized spacial score (nSPS) is 16.3. The Labute approximate surface area is 178 Å². The molecule has 30 heavy (non-hydrogen) atoms. The van der Waals surface area contributed by atoms with Crippen molar-refractivity contribution >= 4 is 34.6 Å². The molecule has 0 unspecified atom stereocenters. The van der Waals surface area contributed by atoms with Crippen LogP contribution in [-0.2, 0) is 4.79 Å². The van der Waals surface area contributed by atoms with Gasteiger partial charge in [-0.25, -0.2) is 0 Å². The van der Waals surface area contributed by atoms with Crippen LogP contribution < -0.4 is 20.1 Å². The zero-order valence-corrected chi connectivity index (χ0v) is 17.4. The Hall–Kier alpha value is -2.91. The summed E-state index contributed by atoms with van der Waals surface area (Å²) in [5, 5.41) is 7.77. The van der Waals surface area contributed by atoms with Crippen LogP contribution >= 0.6 is 11.3 Å². The molecular weight excluding hydrogens is 406 g/mol. The van der Waals surface area contributed by atoms with Crippen LogP contribution in [-0.4, -0.2) is 55.0 Å². The number of benzene rings is 1. The van der Waals surface area contributed by atoms with Gasteiger partial charge >= 0.3 is 0 Å². The second kappa shape index (κ2) is 8.85. The summed E-state index contributed by atoms with van der Waals surface area (Å²) in [5.74, 6) is 0.617. The van der Waals surface area contributed by atoms with Gasteiger partial charge in [0, 0.05) is 30.8 Å². The van der Waals surface area contributed by atoms with E-state index >= 15 is 0 Å². The van der Waals surface area contributed by atoms with Crippen molar-refractivity contribution in [3.05, 3.63) is 40.1 Å². The van der Waals surface area contributed by atoms with Crippen LogP contribution in [0.4, 0.5) is 5.69 Å². The predicted molar refractivity (Wildman–Crippen MR) is 112 cm³/mol. The van der Waals surface area contributed by atoms with Crippen LogP contribution in [0.1, 0.15) is 39.8 Å². The predicted octanol–water partition coefficient (Wildman–Crippen LogP) is 2.51.